The zero-order valence-electron chi connectivity index (χ0n) is 6.73. The van der Waals surface area contributed by atoms with Gasteiger partial charge in [-0.1, -0.05) is 0 Å². The number of thioether (sulfide) groups is 1. The van der Waals surface area contributed by atoms with E-state index in [1.54, 1.807) is 6.92 Å². The number of hydrogen-bond donors (Lipinski definition) is 0. The summed E-state index contributed by atoms with van der Waals surface area (Å²) in [7, 11) is 0. The molecule has 0 fully saturated rings. The van der Waals surface area contributed by atoms with Gasteiger partial charge in [0.15, 0.2) is 4.71 Å². The number of carbonyl (C=O) groups is 1. The maximum absolute atomic E-state index is 11.8. The Morgan fingerprint density at radius 3 is 2.54 bits per heavy atom. The van der Waals surface area contributed by atoms with Crippen LogP contribution in [0.3, 0.4) is 0 Å². The topological polar surface area (TPSA) is 26.3 Å². The van der Waals surface area contributed by atoms with Gasteiger partial charge >= 0.3 is 12.1 Å². The van der Waals surface area contributed by atoms with Crippen LogP contribution in [0.15, 0.2) is 0 Å². The van der Waals surface area contributed by atoms with Crippen LogP contribution >= 0.6 is 23.4 Å². The lowest BCUT2D eigenvalue weighted by Crippen LogP contribution is -2.22. The standard InChI is InChI=1S/C6H8ClF3O2S/c1-2-12-4(11)3-13-5(7)6(8,9)10/h5H,2-3H2,1H3/t5-/m1/s1. The van der Waals surface area contributed by atoms with E-state index in [-0.39, 0.29) is 12.4 Å². The van der Waals surface area contributed by atoms with Crippen LogP contribution in [0.2, 0.25) is 0 Å². The van der Waals surface area contributed by atoms with E-state index in [9.17, 15) is 18.0 Å². The van der Waals surface area contributed by atoms with Crippen LogP contribution in [0.1, 0.15) is 6.92 Å². The van der Waals surface area contributed by atoms with Crippen LogP contribution in [-0.2, 0) is 9.53 Å². The lowest BCUT2D eigenvalue weighted by atomic mass is 10.7. The van der Waals surface area contributed by atoms with E-state index >= 15 is 0 Å². The Labute approximate surface area is 82.8 Å². The number of hydrogen-bond acceptors (Lipinski definition) is 3. The zero-order valence-corrected chi connectivity index (χ0v) is 8.30. The highest BCUT2D eigenvalue weighted by Gasteiger charge is 2.38. The molecule has 0 N–H and O–H groups in total. The third kappa shape index (κ3) is 6.04. The molecule has 78 valence electrons. The van der Waals surface area contributed by atoms with Crippen molar-refractivity contribution >= 4 is 29.3 Å². The van der Waals surface area contributed by atoms with E-state index in [1.807, 2.05) is 0 Å². The molecule has 7 heteroatoms. The first kappa shape index (κ1) is 12.9. The predicted octanol–water partition coefficient (Wildman–Crippen LogP) is 2.41. The van der Waals surface area contributed by atoms with Crippen LogP contribution in [0.25, 0.3) is 0 Å². The molecule has 0 aromatic heterocycles. The fourth-order valence-electron chi connectivity index (χ4n) is 0.438. The number of carbonyl (C=O) groups excluding carboxylic acids is 1. The Bertz CT molecular complexity index is 174. The minimum absolute atomic E-state index is 0.151. The molecule has 13 heavy (non-hydrogen) atoms. The number of ether oxygens (including phenoxy) is 1. The van der Waals surface area contributed by atoms with Crippen molar-refractivity contribution in [3.8, 4) is 0 Å². The largest absolute Gasteiger partial charge is 0.465 e. The smallest absolute Gasteiger partial charge is 0.414 e. The predicted molar refractivity (Wildman–Crippen MR) is 44.8 cm³/mol. The number of alkyl halides is 4. The van der Waals surface area contributed by atoms with Gasteiger partial charge in [-0.25, -0.2) is 0 Å². The average Bonchev–Trinajstić information content (AvgIpc) is 1.99. The number of rotatable bonds is 4. The fourth-order valence-corrected chi connectivity index (χ4v) is 1.18. The SMILES string of the molecule is CCOC(=O)CS[C@@H](Cl)C(F)(F)F. The molecular formula is C6H8ClF3O2S. The van der Waals surface area contributed by atoms with E-state index in [1.165, 1.54) is 0 Å². The molecule has 0 amide bonds. The molecule has 0 aromatic rings. The van der Waals surface area contributed by atoms with Gasteiger partial charge in [-0.2, -0.15) is 13.2 Å². The van der Waals surface area contributed by atoms with Gasteiger partial charge in [-0.05, 0) is 6.92 Å². The summed E-state index contributed by atoms with van der Waals surface area (Å²) in [5, 5.41) is 0. The maximum atomic E-state index is 11.8. The first-order valence-corrected chi connectivity index (χ1v) is 4.84. The van der Waals surface area contributed by atoms with Crippen molar-refractivity contribution in [2.45, 2.75) is 17.8 Å². The van der Waals surface area contributed by atoms with Crippen molar-refractivity contribution in [2.24, 2.45) is 0 Å². The van der Waals surface area contributed by atoms with Crippen molar-refractivity contribution in [1.82, 2.24) is 0 Å². The van der Waals surface area contributed by atoms with Gasteiger partial charge in [-0.15, -0.1) is 23.4 Å². The Balaban J connectivity index is 3.70. The van der Waals surface area contributed by atoms with Crippen LogP contribution < -0.4 is 0 Å². The summed E-state index contributed by atoms with van der Waals surface area (Å²) in [4.78, 5) is 10.6. The lowest BCUT2D eigenvalue weighted by Gasteiger charge is -2.11. The second kappa shape index (κ2) is 5.59. The Kier molecular flexibility index (Phi) is 5.55. The Morgan fingerprint density at radius 1 is 1.62 bits per heavy atom. The van der Waals surface area contributed by atoms with E-state index in [0.717, 1.165) is 0 Å². The molecule has 0 aromatic carbocycles. The quantitative estimate of drug-likeness (QED) is 0.554. The zero-order chi connectivity index (χ0) is 10.5. The van der Waals surface area contributed by atoms with Crippen LogP contribution in [0.5, 0.6) is 0 Å². The van der Waals surface area contributed by atoms with E-state index in [0.29, 0.717) is 11.8 Å². The molecule has 2 nitrogen and oxygen atoms in total. The molecule has 0 unspecified atom stereocenters. The summed E-state index contributed by atoms with van der Waals surface area (Å²) in [5.74, 6) is -1.08. The molecule has 0 aliphatic heterocycles. The number of esters is 1. The van der Waals surface area contributed by atoms with Crippen molar-refractivity contribution in [3.63, 3.8) is 0 Å². The van der Waals surface area contributed by atoms with Crippen molar-refractivity contribution in [3.05, 3.63) is 0 Å². The molecule has 0 aliphatic carbocycles. The summed E-state index contributed by atoms with van der Waals surface area (Å²) in [6.07, 6.45) is -4.49. The van der Waals surface area contributed by atoms with Gasteiger partial charge in [0.2, 0.25) is 0 Å². The highest BCUT2D eigenvalue weighted by Crippen LogP contribution is 2.33. The van der Waals surface area contributed by atoms with Crippen LogP contribution in [0.4, 0.5) is 13.2 Å². The van der Waals surface area contributed by atoms with Gasteiger partial charge in [0.1, 0.15) is 0 Å². The van der Waals surface area contributed by atoms with Gasteiger partial charge in [0.05, 0.1) is 12.4 Å². The van der Waals surface area contributed by atoms with Crippen LogP contribution in [-0.4, -0.2) is 29.2 Å². The van der Waals surface area contributed by atoms with Gasteiger partial charge < -0.3 is 4.74 Å². The summed E-state index contributed by atoms with van der Waals surface area (Å²) < 4.78 is 37.7. The minimum Gasteiger partial charge on any atom is -0.465 e. The molecule has 0 bridgehead atoms. The fraction of sp³-hybridized carbons (Fsp3) is 0.833. The van der Waals surface area contributed by atoms with Gasteiger partial charge in [-0.3, -0.25) is 4.79 Å². The monoisotopic (exact) mass is 236 g/mol. The van der Waals surface area contributed by atoms with Gasteiger partial charge in [0.25, 0.3) is 0 Å². The molecule has 1 atom stereocenters. The van der Waals surface area contributed by atoms with Crippen molar-refractivity contribution in [1.29, 1.82) is 0 Å². The summed E-state index contributed by atoms with van der Waals surface area (Å²) in [6, 6.07) is 0. The summed E-state index contributed by atoms with van der Waals surface area (Å²) in [6.45, 7) is 1.73. The highest BCUT2D eigenvalue weighted by molar-refractivity contribution is 8.01. The first-order chi connectivity index (χ1) is 5.88. The summed E-state index contributed by atoms with van der Waals surface area (Å²) in [5.41, 5.74) is 0. The Hall–Kier alpha value is -0.100. The normalized spacial score (nSPS) is 13.9. The van der Waals surface area contributed by atoms with Crippen molar-refractivity contribution < 1.29 is 22.7 Å². The molecule has 0 aliphatic rings. The third-order valence-electron chi connectivity index (χ3n) is 0.910. The average molecular weight is 237 g/mol. The van der Waals surface area contributed by atoms with E-state index < -0.39 is 16.9 Å². The molecule has 0 saturated heterocycles. The minimum atomic E-state index is -4.49. The molecular weight excluding hydrogens is 229 g/mol. The van der Waals surface area contributed by atoms with Crippen LogP contribution in [0, 0.1) is 0 Å². The second-order valence-electron chi connectivity index (χ2n) is 1.97. The Morgan fingerprint density at radius 2 is 2.15 bits per heavy atom. The van der Waals surface area contributed by atoms with Crippen molar-refractivity contribution in [2.75, 3.05) is 12.4 Å². The molecule has 0 saturated carbocycles. The number of halogens is 4. The van der Waals surface area contributed by atoms with E-state index in [4.69, 9.17) is 11.6 Å². The maximum Gasteiger partial charge on any atom is 0.414 e. The second-order valence-corrected chi connectivity index (χ2v) is 3.76. The van der Waals surface area contributed by atoms with E-state index in [2.05, 4.69) is 4.74 Å². The summed E-state index contributed by atoms with van der Waals surface area (Å²) >= 11 is 5.23. The molecule has 0 heterocycles. The third-order valence-corrected chi connectivity index (χ3v) is 2.50. The molecule has 0 rings (SSSR count). The molecule has 0 spiro atoms. The highest BCUT2D eigenvalue weighted by atomic mass is 35.5. The lowest BCUT2D eigenvalue weighted by molar-refractivity contribution is -0.139. The first-order valence-electron chi connectivity index (χ1n) is 3.36. The molecule has 0 radical (unpaired) electrons. The van der Waals surface area contributed by atoms with Gasteiger partial charge in [0, 0.05) is 0 Å².